The van der Waals surface area contributed by atoms with Gasteiger partial charge in [0.25, 0.3) is 0 Å². The second kappa shape index (κ2) is 6.45. The number of hydrogen-bond donors (Lipinski definition) is 2. The highest BCUT2D eigenvalue weighted by atomic mass is 16.4. The van der Waals surface area contributed by atoms with E-state index in [0.29, 0.717) is 38.0 Å². The molecule has 1 amide bonds. The summed E-state index contributed by atoms with van der Waals surface area (Å²) in [4.78, 5) is 26.4. The van der Waals surface area contributed by atoms with E-state index in [-0.39, 0.29) is 11.8 Å². The third kappa shape index (κ3) is 3.17. The van der Waals surface area contributed by atoms with Crippen molar-refractivity contribution in [1.82, 2.24) is 10.2 Å². The van der Waals surface area contributed by atoms with E-state index in [0.717, 1.165) is 25.7 Å². The zero-order valence-corrected chi connectivity index (χ0v) is 14.5. The van der Waals surface area contributed by atoms with E-state index < -0.39 is 11.4 Å². The van der Waals surface area contributed by atoms with Crippen LogP contribution in [0.5, 0.6) is 0 Å². The van der Waals surface area contributed by atoms with Crippen LogP contribution < -0.4 is 5.32 Å². The van der Waals surface area contributed by atoms with E-state index in [9.17, 15) is 14.7 Å². The first-order chi connectivity index (χ1) is 12.1. The number of carbonyl (C=O) groups is 2. The Kier molecular flexibility index (Phi) is 4.28. The molecule has 1 saturated heterocycles. The van der Waals surface area contributed by atoms with Crippen LogP contribution in [0.15, 0.2) is 30.3 Å². The molecule has 5 heteroatoms. The Morgan fingerprint density at radius 2 is 1.96 bits per heavy atom. The topological polar surface area (TPSA) is 69.6 Å². The number of nitrogens with zero attached hydrogens (tertiary/aromatic N) is 1. The van der Waals surface area contributed by atoms with Crippen LogP contribution in [-0.4, -0.2) is 47.6 Å². The summed E-state index contributed by atoms with van der Waals surface area (Å²) in [7, 11) is 0. The smallest absolute Gasteiger partial charge is 0.311 e. The third-order valence-corrected chi connectivity index (χ3v) is 6.37. The number of carboxylic acids is 1. The lowest BCUT2D eigenvalue weighted by molar-refractivity contribution is -0.152. The summed E-state index contributed by atoms with van der Waals surface area (Å²) in [5.41, 5.74) is 0.544. The third-order valence-electron chi connectivity index (χ3n) is 6.37. The van der Waals surface area contributed by atoms with Gasteiger partial charge in [-0.05, 0) is 49.5 Å². The van der Waals surface area contributed by atoms with Crippen molar-refractivity contribution in [3.63, 3.8) is 0 Å². The highest BCUT2D eigenvalue weighted by Crippen LogP contribution is 2.51. The van der Waals surface area contributed by atoms with Crippen molar-refractivity contribution in [2.24, 2.45) is 11.3 Å². The maximum Gasteiger partial charge on any atom is 0.311 e. The fraction of sp³-hybridized carbons (Fsp3) is 0.600. The standard InChI is InChI=1S/C20H26N2O3/c23-18(11-21-17-6-7-17)22-12-16-10-15(14-4-2-1-3-5-14)8-9-20(16,13-22)19(24)25/h1-5,15-17,21H,6-13H2,(H,24,25)/t15-,16-,20-/m0/s1. The van der Waals surface area contributed by atoms with E-state index in [1.54, 1.807) is 4.90 Å². The molecule has 2 saturated carbocycles. The number of likely N-dealkylation sites (tertiary alicyclic amines) is 1. The molecule has 4 rings (SSSR count). The predicted octanol–water partition coefficient (Wildman–Crippen LogP) is 2.24. The highest BCUT2D eigenvalue weighted by molar-refractivity contribution is 5.82. The fourth-order valence-corrected chi connectivity index (χ4v) is 4.65. The largest absolute Gasteiger partial charge is 0.481 e. The van der Waals surface area contributed by atoms with Crippen molar-refractivity contribution < 1.29 is 14.7 Å². The number of amides is 1. The number of hydrogen-bond acceptors (Lipinski definition) is 3. The van der Waals surface area contributed by atoms with Crippen molar-refractivity contribution >= 4 is 11.9 Å². The summed E-state index contributed by atoms with van der Waals surface area (Å²) >= 11 is 0. The van der Waals surface area contributed by atoms with E-state index >= 15 is 0 Å². The molecule has 3 atom stereocenters. The van der Waals surface area contributed by atoms with Crippen LogP contribution in [-0.2, 0) is 9.59 Å². The number of benzene rings is 1. The SMILES string of the molecule is O=C(CNC1CC1)N1C[C@@H]2C[C@@H](c3ccccc3)CC[C@]2(C(=O)O)C1. The minimum atomic E-state index is -0.749. The van der Waals surface area contributed by atoms with E-state index in [1.165, 1.54) is 5.56 Å². The molecule has 1 heterocycles. The van der Waals surface area contributed by atoms with Gasteiger partial charge < -0.3 is 15.3 Å². The number of rotatable bonds is 5. The van der Waals surface area contributed by atoms with Gasteiger partial charge in [-0.1, -0.05) is 30.3 Å². The summed E-state index contributed by atoms with van der Waals surface area (Å²) in [5, 5.41) is 13.2. The van der Waals surface area contributed by atoms with Crippen molar-refractivity contribution in [3.8, 4) is 0 Å². The van der Waals surface area contributed by atoms with Gasteiger partial charge in [0.1, 0.15) is 0 Å². The zero-order valence-electron chi connectivity index (χ0n) is 14.5. The Morgan fingerprint density at radius 1 is 1.20 bits per heavy atom. The molecule has 0 bridgehead atoms. The van der Waals surface area contributed by atoms with Crippen molar-refractivity contribution in [3.05, 3.63) is 35.9 Å². The first kappa shape index (κ1) is 16.6. The van der Waals surface area contributed by atoms with Crippen LogP contribution in [0.1, 0.15) is 43.6 Å². The van der Waals surface area contributed by atoms with Crippen LogP contribution >= 0.6 is 0 Å². The number of carbonyl (C=O) groups excluding carboxylic acids is 1. The first-order valence-electron chi connectivity index (χ1n) is 9.38. The van der Waals surface area contributed by atoms with Crippen molar-refractivity contribution in [2.45, 2.75) is 44.1 Å². The van der Waals surface area contributed by atoms with E-state index in [2.05, 4.69) is 17.4 Å². The number of aliphatic carboxylic acids is 1. The Morgan fingerprint density at radius 3 is 2.64 bits per heavy atom. The Balaban J connectivity index is 1.47. The summed E-state index contributed by atoms with van der Waals surface area (Å²) in [6.45, 7) is 1.30. The number of nitrogens with one attached hydrogen (secondary N) is 1. The summed E-state index contributed by atoms with van der Waals surface area (Å²) in [5.74, 6) is -0.222. The minimum absolute atomic E-state index is 0.0498. The molecule has 0 unspecified atom stereocenters. The predicted molar refractivity (Wildman–Crippen MR) is 94.2 cm³/mol. The average molecular weight is 342 g/mol. The summed E-state index contributed by atoms with van der Waals surface area (Å²) in [6.07, 6.45) is 4.69. The van der Waals surface area contributed by atoms with Gasteiger partial charge in [-0.3, -0.25) is 9.59 Å². The molecule has 2 aliphatic carbocycles. The Bertz CT molecular complexity index is 658. The second-order valence-electron chi connectivity index (χ2n) is 7.97. The Hall–Kier alpha value is -1.88. The summed E-state index contributed by atoms with van der Waals surface area (Å²) in [6, 6.07) is 10.9. The second-order valence-corrected chi connectivity index (χ2v) is 7.97. The summed E-state index contributed by atoms with van der Waals surface area (Å²) < 4.78 is 0. The molecule has 1 aromatic rings. The molecule has 0 aromatic heterocycles. The lowest BCUT2D eigenvalue weighted by Gasteiger charge is -2.38. The molecule has 3 aliphatic rings. The maximum atomic E-state index is 12.5. The van der Waals surface area contributed by atoms with Gasteiger partial charge in [-0.25, -0.2) is 0 Å². The van der Waals surface area contributed by atoms with Crippen LogP contribution in [0.2, 0.25) is 0 Å². The quantitative estimate of drug-likeness (QED) is 0.861. The number of carboxylic acid groups (broad SMARTS) is 1. The fourth-order valence-electron chi connectivity index (χ4n) is 4.65. The minimum Gasteiger partial charge on any atom is -0.481 e. The molecule has 1 aromatic carbocycles. The normalized spacial score (nSPS) is 31.6. The molecule has 5 nitrogen and oxygen atoms in total. The van der Waals surface area contributed by atoms with Gasteiger partial charge in [0, 0.05) is 19.1 Å². The molecule has 0 spiro atoms. The van der Waals surface area contributed by atoms with Crippen molar-refractivity contribution in [2.75, 3.05) is 19.6 Å². The Labute approximate surface area is 148 Å². The molecule has 25 heavy (non-hydrogen) atoms. The van der Waals surface area contributed by atoms with Crippen molar-refractivity contribution in [1.29, 1.82) is 0 Å². The van der Waals surface area contributed by atoms with Crippen LogP contribution in [0, 0.1) is 11.3 Å². The van der Waals surface area contributed by atoms with Crippen LogP contribution in [0.4, 0.5) is 0 Å². The highest BCUT2D eigenvalue weighted by Gasteiger charge is 2.55. The molecule has 0 radical (unpaired) electrons. The lowest BCUT2D eigenvalue weighted by atomic mass is 9.64. The monoisotopic (exact) mass is 342 g/mol. The molecule has 3 fully saturated rings. The lowest BCUT2D eigenvalue weighted by Crippen LogP contribution is -2.43. The van der Waals surface area contributed by atoms with Gasteiger partial charge in [0.05, 0.1) is 12.0 Å². The molecule has 134 valence electrons. The van der Waals surface area contributed by atoms with Gasteiger partial charge in [0.15, 0.2) is 0 Å². The van der Waals surface area contributed by atoms with Gasteiger partial charge in [-0.2, -0.15) is 0 Å². The number of fused-ring (bicyclic) bond motifs is 1. The molecular weight excluding hydrogens is 316 g/mol. The zero-order chi connectivity index (χ0) is 17.4. The van der Waals surface area contributed by atoms with E-state index in [4.69, 9.17) is 0 Å². The van der Waals surface area contributed by atoms with Gasteiger partial charge >= 0.3 is 5.97 Å². The maximum absolute atomic E-state index is 12.5. The van der Waals surface area contributed by atoms with Gasteiger partial charge in [0.2, 0.25) is 5.91 Å². The van der Waals surface area contributed by atoms with Crippen LogP contribution in [0.3, 0.4) is 0 Å². The molecule has 1 aliphatic heterocycles. The first-order valence-corrected chi connectivity index (χ1v) is 9.38. The molecule has 2 N–H and O–H groups in total. The average Bonchev–Trinajstić information content (AvgIpc) is 3.37. The van der Waals surface area contributed by atoms with E-state index in [1.807, 2.05) is 18.2 Å². The van der Waals surface area contributed by atoms with Crippen LogP contribution in [0.25, 0.3) is 0 Å². The molecular formula is C20H26N2O3. The van der Waals surface area contributed by atoms with Gasteiger partial charge in [-0.15, -0.1) is 0 Å².